The lowest BCUT2D eigenvalue weighted by atomic mass is 9.83. The minimum Gasteiger partial charge on any atom is -0.492 e. The number of hydrogen-bond donors (Lipinski definition) is 1. The van der Waals surface area contributed by atoms with Crippen LogP contribution in [0.25, 0.3) is 0 Å². The highest BCUT2D eigenvalue weighted by Crippen LogP contribution is 2.28. The molecule has 1 aromatic heterocycles. The van der Waals surface area contributed by atoms with Gasteiger partial charge in [0.15, 0.2) is 11.6 Å². The lowest BCUT2D eigenvalue weighted by molar-refractivity contribution is 0.0692. The lowest BCUT2D eigenvalue weighted by Crippen LogP contribution is -2.21. The van der Waals surface area contributed by atoms with Crippen LogP contribution in [0.1, 0.15) is 53.5 Å². The summed E-state index contributed by atoms with van der Waals surface area (Å²) in [5.41, 5.74) is 3.27. The minimum absolute atomic E-state index is 0.106. The third kappa shape index (κ3) is 3.97. The molecule has 0 saturated carbocycles. The summed E-state index contributed by atoms with van der Waals surface area (Å²) in [5.74, 6) is -1.05. The van der Waals surface area contributed by atoms with Gasteiger partial charge >= 0.3 is 5.97 Å². The Morgan fingerprint density at radius 1 is 0.882 bits per heavy atom. The summed E-state index contributed by atoms with van der Waals surface area (Å²) >= 11 is 0. The van der Waals surface area contributed by atoms with Crippen LogP contribution in [0.15, 0.2) is 72.9 Å². The van der Waals surface area contributed by atoms with Gasteiger partial charge in [-0.1, -0.05) is 47.7 Å². The summed E-state index contributed by atoms with van der Waals surface area (Å²) in [7, 11) is 0. The van der Waals surface area contributed by atoms with Crippen molar-refractivity contribution in [2.24, 2.45) is 0 Å². The fourth-order valence-corrected chi connectivity index (χ4v) is 4.00. The number of fused-ring (bicyclic) bond motifs is 2. The topological polar surface area (TPSA) is 111 Å². The van der Waals surface area contributed by atoms with E-state index < -0.39 is 5.97 Å². The van der Waals surface area contributed by atoms with Crippen LogP contribution in [0.2, 0.25) is 0 Å². The number of aromatic carboxylic acids is 1. The summed E-state index contributed by atoms with van der Waals surface area (Å²) in [5, 5.41) is 17.5. The molecule has 8 heteroatoms. The number of benzene rings is 3. The first-order valence-electron chi connectivity index (χ1n) is 10.7. The predicted molar refractivity (Wildman–Crippen MR) is 121 cm³/mol. The van der Waals surface area contributed by atoms with Gasteiger partial charge in [-0.05, 0) is 29.8 Å². The molecule has 0 aliphatic heterocycles. The van der Waals surface area contributed by atoms with E-state index in [1.807, 2.05) is 6.07 Å². The van der Waals surface area contributed by atoms with Crippen molar-refractivity contribution >= 4 is 17.5 Å². The molecule has 0 unspecified atom stereocenters. The van der Waals surface area contributed by atoms with Gasteiger partial charge in [0.05, 0.1) is 18.8 Å². The highest BCUT2D eigenvalue weighted by Gasteiger charge is 2.29. The third-order valence-corrected chi connectivity index (χ3v) is 5.65. The van der Waals surface area contributed by atoms with Crippen molar-refractivity contribution in [2.75, 3.05) is 6.61 Å². The molecular weight excluding hydrogens is 434 g/mol. The van der Waals surface area contributed by atoms with Gasteiger partial charge in [0.1, 0.15) is 11.3 Å². The molecule has 168 valence electrons. The Morgan fingerprint density at radius 2 is 1.56 bits per heavy atom. The van der Waals surface area contributed by atoms with Crippen LogP contribution in [-0.2, 0) is 13.0 Å². The second-order valence-electron chi connectivity index (χ2n) is 7.89. The number of hydrogen-bond acceptors (Lipinski definition) is 6. The van der Waals surface area contributed by atoms with Crippen LogP contribution in [-0.4, -0.2) is 44.2 Å². The fraction of sp³-hybridized carbons (Fsp3) is 0.115. The second kappa shape index (κ2) is 8.74. The number of ether oxygens (including phenoxy) is 1. The van der Waals surface area contributed by atoms with E-state index in [0.29, 0.717) is 46.7 Å². The van der Waals surface area contributed by atoms with Crippen molar-refractivity contribution in [1.29, 1.82) is 0 Å². The van der Waals surface area contributed by atoms with Crippen molar-refractivity contribution < 1.29 is 24.2 Å². The van der Waals surface area contributed by atoms with Gasteiger partial charge in [-0.3, -0.25) is 9.59 Å². The lowest BCUT2D eigenvalue weighted by Gasteiger charge is -2.18. The Bertz CT molecular complexity index is 1440. The molecule has 5 rings (SSSR count). The van der Waals surface area contributed by atoms with E-state index >= 15 is 0 Å². The number of para-hydroxylation sites is 1. The van der Waals surface area contributed by atoms with E-state index in [-0.39, 0.29) is 23.7 Å². The van der Waals surface area contributed by atoms with E-state index in [2.05, 4.69) is 10.3 Å². The quantitative estimate of drug-likeness (QED) is 0.402. The molecule has 0 atom stereocenters. The number of ketones is 2. The number of carbonyl (C=O) groups is 3. The van der Waals surface area contributed by atoms with Crippen LogP contribution in [0.5, 0.6) is 5.75 Å². The van der Waals surface area contributed by atoms with Crippen molar-refractivity contribution in [3.8, 4) is 5.75 Å². The van der Waals surface area contributed by atoms with Crippen molar-refractivity contribution in [3.05, 3.63) is 112 Å². The first-order valence-corrected chi connectivity index (χ1v) is 10.7. The fourth-order valence-electron chi connectivity index (χ4n) is 4.00. The Kier molecular flexibility index (Phi) is 5.47. The van der Waals surface area contributed by atoms with Crippen molar-refractivity contribution in [3.63, 3.8) is 0 Å². The maximum Gasteiger partial charge on any atom is 0.339 e. The number of nitrogens with zero attached hydrogens (tertiary/aromatic N) is 3. The standard InChI is InChI=1S/C26H19N3O5/c30-24-18-5-1-2-6-19(18)25(31)22-13-16(9-10-20(22)24)14-29-15-17(27-28-29)11-12-34-23-8-4-3-7-21(23)26(32)33/h1-10,13,15H,11-12,14H2,(H,32,33). The van der Waals surface area contributed by atoms with Crippen LogP contribution in [0.3, 0.4) is 0 Å². The molecule has 0 radical (unpaired) electrons. The SMILES string of the molecule is O=C(O)c1ccccc1OCCc1cn(Cc2ccc3c(c2)C(=O)c2ccccc2C3=O)nn1. The molecule has 8 nitrogen and oxygen atoms in total. The Labute approximate surface area is 194 Å². The van der Waals surface area contributed by atoms with Gasteiger partial charge in [0.25, 0.3) is 0 Å². The molecule has 1 aliphatic carbocycles. The van der Waals surface area contributed by atoms with Crippen LogP contribution in [0, 0.1) is 0 Å². The molecule has 1 aliphatic rings. The Balaban J connectivity index is 1.26. The summed E-state index contributed by atoms with van der Waals surface area (Å²) in [6.45, 7) is 0.629. The zero-order valence-electron chi connectivity index (χ0n) is 18.0. The maximum absolute atomic E-state index is 12.9. The molecule has 0 spiro atoms. The zero-order valence-corrected chi connectivity index (χ0v) is 18.0. The minimum atomic E-state index is -1.05. The molecule has 1 N–H and O–H groups in total. The van der Waals surface area contributed by atoms with E-state index in [1.165, 1.54) is 6.07 Å². The van der Waals surface area contributed by atoms with Gasteiger partial charge in [-0.15, -0.1) is 5.10 Å². The van der Waals surface area contributed by atoms with Crippen LogP contribution >= 0.6 is 0 Å². The number of aromatic nitrogens is 3. The summed E-state index contributed by atoms with van der Waals surface area (Å²) in [6, 6.07) is 18.5. The molecule has 0 fully saturated rings. The third-order valence-electron chi connectivity index (χ3n) is 5.65. The zero-order chi connectivity index (χ0) is 23.7. The van der Waals surface area contributed by atoms with Gasteiger partial charge in [-0.25, -0.2) is 9.48 Å². The maximum atomic E-state index is 12.9. The second-order valence-corrected chi connectivity index (χ2v) is 7.89. The van der Waals surface area contributed by atoms with Crippen LogP contribution < -0.4 is 4.74 Å². The van der Waals surface area contributed by atoms with Gasteiger partial charge < -0.3 is 9.84 Å². The molecule has 3 aromatic carbocycles. The molecular formula is C26H19N3O5. The first-order chi connectivity index (χ1) is 16.5. The van der Waals surface area contributed by atoms with Crippen LogP contribution in [0.4, 0.5) is 0 Å². The van der Waals surface area contributed by atoms with E-state index in [0.717, 1.165) is 5.56 Å². The summed E-state index contributed by atoms with van der Waals surface area (Å²) in [6.07, 6.45) is 2.22. The number of carbonyl (C=O) groups excluding carboxylic acids is 2. The number of carboxylic acids is 1. The highest BCUT2D eigenvalue weighted by atomic mass is 16.5. The number of carboxylic acid groups (broad SMARTS) is 1. The summed E-state index contributed by atoms with van der Waals surface area (Å²) < 4.78 is 7.26. The predicted octanol–water partition coefficient (Wildman–Crippen LogP) is 3.42. The molecule has 0 amide bonds. The van der Waals surface area contributed by atoms with Crippen molar-refractivity contribution in [2.45, 2.75) is 13.0 Å². The van der Waals surface area contributed by atoms with E-state index in [1.54, 1.807) is 65.5 Å². The molecule has 1 heterocycles. The average Bonchev–Trinajstić information content (AvgIpc) is 3.29. The average molecular weight is 453 g/mol. The monoisotopic (exact) mass is 453 g/mol. The molecule has 0 saturated heterocycles. The van der Waals surface area contributed by atoms with Gasteiger partial charge in [0.2, 0.25) is 0 Å². The molecule has 4 aromatic rings. The largest absolute Gasteiger partial charge is 0.492 e. The molecule has 0 bridgehead atoms. The first kappa shape index (κ1) is 21.3. The Hall–Kier alpha value is -4.59. The normalized spacial score (nSPS) is 12.2. The molecule has 34 heavy (non-hydrogen) atoms. The van der Waals surface area contributed by atoms with E-state index in [9.17, 15) is 19.5 Å². The highest BCUT2D eigenvalue weighted by molar-refractivity contribution is 6.28. The van der Waals surface area contributed by atoms with Gasteiger partial charge in [0, 0.05) is 34.9 Å². The smallest absolute Gasteiger partial charge is 0.339 e. The van der Waals surface area contributed by atoms with E-state index in [4.69, 9.17) is 4.74 Å². The Morgan fingerprint density at radius 3 is 2.32 bits per heavy atom. The summed E-state index contributed by atoms with van der Waals surface area (Å²) in [4.78, 5) is 37.0. The number of rotatable bonds is 7. The van der Waals surface area contributed by atoms with Crippen molar-refractivity contribution in [1.82, 2.24) is 15.0 Å². The van der Waals surface area contributed by atoms with Gasteiger partial charge in [-0.2, -0.15) is 0 Å².